The number of aryl methyl sites for hydroxylation is 1. The Labute approximate surface area is 189 Å². The molecule has 32 heavy (non-hydrogen) atoms. The van der Waals surface area contributed by atoms with E-state index in [1.165, 1.54) is 5.56 Å². The second-order valence-electron chi connectivity index (χ2n) is 7.55. The van der Waals surface area contributed by atoms with Gasteiger partial charge in [0.15, 0.2) is 11.8 Å². The molecule has 170 valence electrons. The highest BCUT2D eigenvalue weighted by atomic mass is 16.5. The van der Waals surface area contributed by atoms with Crippen LogP contribution in [0.5, 0.6) is 5.75 Å². The van der Waals surface area contributed by atoms with Gasteiger partial charge < -0.3 is 25.0 Å². The van der Waals surface area contributed by atoms with Crippen LogP contribution >= 0.6 is 0 Å². The Morgan fingerprint density at radius 2 is 1.78 bits per heavy atom. The molecule has 0 bridgehead atoms. The number of guanidine groups is 1. The van der Waals surface area contributed by atoms with Gasteiger partial charge in [-0.05, 0) is 43.0 Å². The third-order valence-electron chi connectivity index (χ3n) is 5.32. The van der Waals surface area contributed by atoms with Gasteiger partial charge in [0.1, 0.15) is 18.1 Å². The minimum absolute atomic E-state index is 0.413. The molecule has 0 fully saturated rings. The van der Waals surface area contributed by atoms with Gasteiger partial charge in [-0.2, -0.15) is 0 Å². The van der Waals surface area contributed by atoms with Crippen LogP contribution in [0.15, 0.2) is 59.6 Å². The fourth-order valence-electron chi connectivity index (χ4n) is 3.20. The van der Waals surface area contributed by atoms with Gasteiger partial charge in [-0.15, -0.1) is 10.2 Å². The van der Waals surface area contributed by atoms with Gasteiger partial charge in [0.05, 0.1) is 13.2 Å². The molecule has 0 radical (unpaired) electrons. The van der Waals surface area contributed by atoms with Crippen molar-refractivity contribution in [1.29, 1.82) is 0 Å². The normalized spacial score (nSPS) is 12.4. The Kier molecular flexibility index (Phi) is 8.62. The monoisotopic (exact) mass is 436 g/mol. The van der Waals surface area contributed by atoms with E-state index >= 15 is 0 Å². The van der Waals surface area contributed by atoms with Gasteiger partial charge in [-0.3, -0.25) is 0 Å². The summed E-state index contributed by atoms with van der Waals surface area (Å²) in [6.45, 7) is 3.63. The molecule has 3 aromatic rings. The number of nitrogens with zero attached hydrogens (tertiary/aromatic N) is 4. The lowest BCUT2D eigenvalue weighted by Crippen LogP contribution is -2.39. The first kappa shape index (κ1) is 23.3. The van der Waals surface area contributed by atoms with Gasteiger partial charge in [0.25, 0.3) is 0 Å². The molecule has 0 aliphatic carbocycles. The molecule has 0 saturated carbocycles. The van der Waals surface area contributed by atoms with Crippen LogP contribution in [0.2, 0.25) is 0 Å². The maximum atomic E-state index is 10.4. The van der Waals surface area contributed by atoms with Crippen molar-refractivity contribution < 1.29 is 9.84 Å². The average Bonchev–Trinajstić information content (AvgIpc) is 3.15. The van der Waals surface area contributed by atoms with E-state index in [9.17, 15) is 5.11 Å². The largest absolute Gasteiger partial charge is 0.497 e. The number of nitrogens with one attached hydrogen (secondary N) is 2. The second-order valence-corrected chi connectivity index (χ2v) is 7.55. The molecule has 1 unspecified atom stereocenters. The van der Waals surface area contributed by atoms with Crippen LogP contribution < -0.4 is 15.4 Å². The fourth-order valence-corrected chi connectivity index (χ4v) is 3.20. The molecule has 8 nitrogen and oxygen atoms in total. The van der Waals surface area contributed by atoms with E-state index in [1.54, 1.807) is 7.11 Å². The standard InChI is InChI=1S/C24H32N6O2/c1-18-28-29-23(30(18)2)17-27-24(25-15-13-19-9-11-21(32-3)12-10-19)26-16-14-22(31)20-7-5-4-6-8-20/h4-12,22,31H,13-17H2,1-3H3,(H2,25,26,27). The SMILES string of the molecule is COc1ccc(CCNC(=NCc2nnc(C)n2C)NCCC(O)c2ccccc2)cc1. The van der Waals surface area contributed by atoms with Crippen molar-refractivity contribution in [2.24, 2.45) is 12.0 Å². The summed E-state index contributed by atoms with van der Waals surface area (Å²) in [7, 11) is 3.60. The highest BCUT2D eigenvalue weighted by Gasteiger charge is 2.08. The van der Waals surface area contributed by atoms with Crippen LogP contribution in [-0.2, 0) is 20.0 Å². The van der Waals surface area contributed by atoms with E-state index in [0.717, 1.165) is 35.9 Å². The first-order valence-corrected chi connectivity index (χ1v) is 10.8. The van der Waals surface area contributed by atoms with E-state index < -0.39 is 6.10 Å². The fraction of sp³-hybridized carbons (Fsp3) is 0.375. The van der Waals surface area contributed by atoms with E-state index in [-0.39, 0.29) is 0 Å². The van der Waals surface area contributed by atoms with Gasteiger partial charge in [0, 0.05) is 20.1 Å². The molecule has 0 saturated heterocycles. The van der Waals surface area contributed by atoms with Gasteiger partial charge in [0.2, 0.25) is 0 Å². The molecule has 0 amide bonds. The molecule has 3 rings (SSSR count). The summed E-state index contributed by atoms with van der Waals surface area (Å²) in [6.07, 6.45) is 0.901. The van der Waals surface area contributed by atoms with Crippen molar-refractivity contribution in [3.05, 3.63) is 77.4 Å². The summed E-state index contributed by atoms with van der Waals surface area (Å²) < 4.78 is 7.14. The van der Waals surface area contributed by atoms with Gasteiger partial charge in [-0.1, -0.05) is 42.5 Å². The van der Waals surface area contributed by atoms with Crippen LogP contribution in [-0.4, -0.2) is 46.0 Å². The van der Waals surface area contributed by atoms with E-state index in [0.29, 0.717) is 25.5 Å². The summed E-state index contributed by atoms with van der Waals surface area (Å²) in [5.41, 5.74) is 2.12. The van der Waals surface area contributed by atoms with Crippen molar-refractivity contribution in [3.8, 4) is 5.75 Å². The summed E-state index contributed by atoms with van der Waals surface area (Å²) in [5, 5.41) is 25.4. The van der Waals surface area contributed by atoms with Crippen molar-refractivity contribution in [3.63, 3.8) is 0 Å². The number of aromatic nitrogens is 3. The minimum atomic E-state index is -0.523. The zero-order valence-corrected chi connectivity index (χ0v) is 19.0. The first-order valence-electron chi connectivity index (χ1n) is 10.8. The minimum Gasteiger partial charge on any atom is -0.497 e. The molecule has 1 aromatic heterocycles. The number of aliphatic hydroxyl groups excluding tert-OH is 1. The van der Waals surface area contributed by atoms with Crippen molar-refractivity contribution in [2.45, 2.75) is 32.4 Å². The molecule has 8 heteroatoms. The van der Waals surface area contributed by atoms with Crippen molar-refractivity contribution >= 4 is 5.96 Å². The number of hydrogen-bond donors (Lipinski definition) is 3. The predicted octanol–water partition coefficient (Wildman–Crippen LogP) is 2.53. The third kappa shape index (κ3) is 6.81. The lowest BCUT2D eigenvalue weighted by atomic mass is 10.1. The van der Waals surface area contributed by atoms with Crippen LogP contribution in [0.4, 0.5) is 0 Å². The zero-order valence-electron chi connectivity index (χ0n) is 19.0. The van der Waals surface area contributed by atoms with E-state index in [2.05, 4.69) is 38.0 Å². The maximum absolute atomic E-state index is 10.4. The second kappa shape index (κ2) is 11.9. The molecule has 0 spiro atoms. The molecule has 1 atom stereocenters. The van der Waals surface area contributed by atoms with E-state index in [1.807, 2.05) is 61.0 Å². The molecule has 3 N–H and O–H groups in total. The van der Waals surface area contributed by atoms with Crippen LogP contribution in [0.3, 0.4) is 0 Å². The Morgan fingerprint density at radius 1 is 1.06 bits per heavy atom. The number of methoxy groups -OCH3 is 1. The summed E-state index contributed by atoms with van der Waals surface area (Å²) >= 11 is 0. The molecule has 1 heterocycles. The third-order valence-corrected chi connectivity index (χ3v) is 5.32. The zero-order chi connectivity index (χ0) is 22.8. The highest BCUT2D eigenvalue weighted by Crippen LogP contribution is 2.15. The first-order chi connectivity index (χ1) is 15.6. The van der Waals surface area contributed by atoms with Crippen LogP contribution in [0.25, 0.3) is 0 Å². The van der Waals surface area contributed by atoms with Crippen LogP contribution in [0, 0.1) is 6.92 Å². The number of hydrogen-bond acceptors (Lipinski definition) is 5. The highest BCUT2D eigenvalue weighted by molar-refractivity contribution is 5.79. The van der Waals surface area contributed by atoms with Crippen LogP contribution in [0.1, 0.15) is 35.3 Å². The Balaban J connectivity index is 1.56. The summed E-state index contributed by atoms with van der Waals surface area (Å²) in [5.74, 6) is 3.17. The number of aliphatic imine (C=N–C) groups is 1. The van der Waals surface area contributed by atoms with Gasteiger partial charge in [-0.25, -0.2) is 4.99 Å². The van der Waals surface area contributed by atoms with Crippen molar-refractivity contribution in [1.82, 2.24) is 25.4 Å². The Bertz CT molecular complexity index is 985. The predicted molar refractivity (Wildman–Crippen MR) is 126 cm³/mol. The summed E-state index contributed by atoms with van der Waals surface area (Å²) in [6, 6.07) is 17.7. The molecule has 2 aromatic carbocycles. The molecular formula is C24H32N6O2. The molecule has 0 aliphatic heterocycles. The lowest BCUT2D eigenvalue weighted by Gasteiger charge is -2.15. The quantitative estimate of drug-likeness (QED) is 0.334. The Hall–Kier alpha value is -3.39. The summed E-state index contributed by atoms with van der Waals surface area (Å²) in [4.78, 5) is 4.67. The number of aliphatic hydroxyl groups is 1. The van der Waals surface area contributed by atoms with Crippen molar-refractivity contribution in [2.75, 3.05) is 20.2 Å². The lowest BCUT2D eigenvalue weighted by molar-refractivity contribution is 0.168. The van der Waals surface area contributed by atoms with Gasteiger partial charge >= 0.3 is 0 Å². The molecular weight excluding hydrogens is 404 g/mol. The smallest absolute Gasteiger partial charge is 0.191 e. The molecule has 0 aliphatic rings. The average molecular weight is 437 g/mol. The number of rotatable bonds is 10. The number of benzene rings is 2. The maximum Gasteiger partial charge on any atom is 0.191 e. The van der Waals surface area contributed by atoms with E-state index in [4.69, 9.17) is 4.74 Å². The number of ether oxygens (including phenoxy) is 1. The Morgan fingerprint density at radius 3 is 2.44 bits per heavy atom. The topological polar surface area (TPSA) is 96.6 Å².